The van der Waals surface area contributed by atoms with Crippen molar-refractivity contribution in [3.05, 3.63) is 70.6 Å². The van der Waals surface area contributed by atoms with Gasteiger partial charge in [0.2, 0.25) is 11.7 Å². The van der Waals surface area contributed by atoms with Crippen molar-refractivity contribution in [3.63, 3.8) is 0 Å². The Hall–Kier alpha value is -2.80. The molecule has 4 rings (SSSR count). The highest BCUT2D eigenvalue weighted by Crippen LogP contribution is 2.33. The molecule has 5 nitrogen and oxygen atoms in total. The number of amides is 1. The van der Waals surface area contributed by atoms with Crippen LogP contribution in [0.2, 0.25) is 5.02 Å². The van der Waals surface area contributed by atoms with E-state index in [1.807, 2.05) is 0 Å². The molecule has 0 N–H and O–H groups in total. The van der Waals surface area contributed by atoms with Crippen LogP contribution < -0.4 is 0 Å². The lowest BCUT2D eigenvalue weighted by molar-refractivity contribution is 0.0705. The number of halogens is 3. The molecular formula is C19H14ClF2N3O2. The number of benzene rings is 2. The van der Waals surface area contributed by atoms with E-state index >= 15 is 0 Å². The van der Waals surface area contributed by atoms with Crippen LogP contribution in [0.15, 0.2) is 47.0 Å². The molecule has 1 fully saturated rings. The molecule has 3 aromatic rings. The molecule has 1 aliphatic heterocycles. The van der Waals surface area contributed by atoms with Crippen molar-refractivity contribution in [2.24, 2.45) is 0 Å². The summed E-state index contributed by atoms with van der Waals surface area (Å²) in [7, 11) is 0. The Morgan fingerprint density at radius 1 is 1.22 bits per heavy atom. The van der Waals surface area contributed by atoms with Crippen LogP contribution in [0.25, 0.3) is 11.4 Å². The summed E-state index contributed by atoms with van der Waals surface area (Å²) >= 11 is 5.99. The molecule has 1 aliphatic rings. The van der Waals surface area contributed by atoms with Crippen molar-refractivity contribution in [2.45, 2.75) is 18.9 Å². The molecule has 0 bridgehead atoms. The number of carbonyl (C=O) groups is 1. The molecule has 0 unspecified atom stereocenters. The summed E-state index contributed by atoms with van der Waals surface area (Å²) in [6.45, 7) is 0.426. The lowest BCUT2D eigenvalue weighted by Crippen LogP contribution is -2.31. The van der Waals surface area contributed by atoms with E-state index in [-0.39, 0.29) is 11.5 Å². The number of aromatic nitrogens is 2. The highest BCUT2D eigenvalue weighted by atomic mass is 35.5. The fraction of sp³-hybridized carbons (Fsp3) is 0.211. The van der Waals surface area contributed by atoms with Gasteiger partial charge in [0.05, 0.1) is 5.56 Å². The maximum Gasteiger partial charge on any atom is 0.257 e. The van der Waals surface area contributed by atoms with Gasteiger partial charge >= 0.3 is 0 Å². The standard InChI is InChI=1S/C19H14ClF2N3O2/c20-12-4-1-3-11(9-12)17-23-18(27-24-17)16-5-2-8-25(16)19(26)14-7-6-13(21)10-15(14)22/h1,3-4,6-7,9-10,16H,2,5,8H2/t16-/m1/s1. The van der Waals surface area contributed by atoms with Gasteiger partial charge in [-0.15, -0.1) is 0 Å². The molecule has 2 aromatic carbocycles. The summed E-state index contributed by atoms with van der Waals surface area (Å²) in [5, 5.41) is 4.51. The largest absolute Gasteiger partial charge is 0.337 e. The van der Waals surface area contributed by atoms with Gasteiger partial charge in [-0.1, -0.05) is 28.9 Å². The SMILES string of the molecule is O=C(c1ccc(F)cc1F)N1CCC[C@@H]1c1nc(-c2cccc(Cl)c2)no1. The second-order valence-electron chi connectivity index (χ2n) is 6.25. The molecule has 0 spiro atoms. The van der Waals surface area contributed by atoms with Crippen molar-refractivity contribution >= 4 is 17.5 Å². The zero-order valence-corrected chi connectivity index (χ0v) is 14.8. The molecule has 0 radical (unpaired) electrons. The number of carbonyl (C=O) groups excluding carboxylic acids is 1. The molecular weight excluding hydrogens is 376 g/mol. The van der Waals surface area contributed by atoms with Gasteiger partial charge < -0.3 is 9.42 Å². The smallest absolute Gasteiger partial charge is 0.257 e. The molecule has 1 amide bonds. The van der Waals surface area contributed by atoms with E-state index in [9.17, 15) is 13.6 Å². The molecule has 2 heterocycles. The van der Waals surface area contributed by atoms with Crippen molar-refractivity contribution in [2.75, 3.05) is 6.54 Å². The van der Waals surface area contributed by atoms with Gasteiger partial charge in [0.1, 0.15) is 17.7 Å². The first-order valence-corrected chi connectivity index (χ1v) is 8.76. The summed E-state index contributed by atoms with van der Waals surface area (Å²) in [5.41, 5.74) is 0.510. The van der Waals surface area contributed by atoms with Crippen LogP contribution in [0.3, 0.4) is 0 Å². The summed E-state index contributed by atoms with van der Waals surface area (Å²) in [4.78, 5) is 18.6. The monoisotopic (exact) mass is 389 g/mol. The molecule has 138 valence electrons. The lowest BCUT2D eigenvalue weighted by atomic mass is 10.1. The minimum atomic E-state index is -0.893. The van der Waals surface area contributed by atoms with Crippen molar-refractivity contribution in [3.8, 4) is 11.4 Å². The second-order valence-corrected chi connectivity index (χ2v) is 6.68. The van der Waals surface area contributed by atoms with Crippen LogP contribution in [-0.4, -0.2) is 27.5 Å². The molecule has 1 saturated heterocycles. The van der Waals surface area contributed by atoms with Crippen LogP contribution >= 0.6 is 11.6 Å². The van der Waals surface area contributed by atoms with Crippen LogP contribution in [0.5, 0.6) is 0 Å². The summed E-state index contributed by atoms with van der Waals surface area (Å²) in [6, 6.07) is 9.47. The van der Waals surface area contributed by atoms with Gasteiger partial charge in [-0.3, -0.25) is 4.79 Å². The fourth-order valence-corrected chi connectivity index (χ4v) is 3.39. The summed E-state index contributed by atoms with van der Waals surface area (Å²) < 4.78 is 32.5. The van der Waals surface area contributed by atoms with Gasteiger partial charge in [-0.05, 0) is 37.1 Å². The van der Waals surface area contributed by atoms with Crippen LogP contribution in [0, 0.1) is 11.6 Å². The highest BCUT2D eigenvalue weighted by Gasteiger charge is 2.35. The zero-order chi connectivity index (χ0) is 19.0. The molecule has 1 atom stereocenters. The maximum atomic E-state index is 14.0. The number of rotatable bonds is 3. The Kier molecular flexibility index (Phi) is 4.61. The number of hydrogen-bond donors (Lipinski definition) is 0. The first-order chi connectivity index (χ1) is 13.0. The molecule has 0 aliphatic carbocycles. The predicted molar refractivity (Wildman–Crippen MR) is 94.1 cm³/mol. The van der Waals surface area contributed by atoms with E-state index in [0.717, 1.165) is 12.1 Å². The summed E-state index contributed by atoms with van der Waals surface area (Å²) in [6.07, 6.45) is 1.33. The number of hydrogen-bond acceptors (Lipinski definition) is 4. The normalized spacial score (nSPS) is 16.7. The third-order valence-electron chi connectivity index (χ3n) is 4.48. The number of likely N-dealkylation sites (tertiary alicyclic amines) is 1. The van der Waals surface area contributed by atoms with Crippen LogP contribution in [0.4, 0.5) is 8.78 Å². The molecule has 27 heavy (non-hydrogen) atoms. The fourth-order valence-electron chi connectivity index (χ4n) is 3.20. The first-order valence-electron chi connectivity index (χ1n) is 8.38. The predicted octanol–water partition coefficient (Wildman–Crippen LogP) is 4.65. The Bertz CT molecular complexity index is 1010. The van der Waals surface area contributed by atoms with E-state index < -0.39 is 23.6 Å². The van der Waals surface area contributed by atoms with Gasteiger partial charge in [-0.2, -0.15) is 4.98 Å². The summed E-state index contributed by atoms with van der Waals surface area (Å²) in [5.74, 6) is -1.52. The van der Waals surface area contributed by atoms with E-state index in [2.05, 4.69) is 10.1 Å². The van der Waals surface area contributed by atoms with Crippen molar-refractivity contribution < 1.29 is 18.1 Å². The first kappa shape index (κ1) is 17.6. The van der Waals surface area contributed by atoms with Gasteiger partial charge in [0, 0.05) is 23.2 Å². The third-order valence-corrected chi connectivity index (χ3v) is 4.72. The Balaban J connectivity index is 1.61. The second kappa shape index (κ2) is 7.08. The topological polar surface area (TPSA) is 59.2 Å². The Labute approximate surface area is 158 Å². The van der Waals surface area contributed by atoms with E-state index in [0.29, 0.717) is 41.9 Å². The van der Waals surface area contributed by atoms with Crippen LogP contribution in [-0.2, 0) is 0 Å². The average molecular weight is 390 g/mol. The molecule has 8 heteroatoms. The molecule has 1 aromatic heterocycles. The van der Waals surface area contributed by atoms with E-state index in [1.165, 1.54) is 4.90 Å². The van der Waals surface area contributed by atoms with Crippen LogP contribution in [0.1, 0.15) is 35.1 Å². The van der Waals surface area contributed by atoms with Gasteiger partial charge in [0.15, 0.2) is 0 Å². The quantitative estimate of drug-likeness (QED) is 0.654. The Morgan fingerprint density at radius 2 is 2.07 bits per heavy atom. The molecule has 0 saturated carbocycles. The number of nitrogens with zero attached hydrogens (tertiary/aromatic N) is 3. The highest BCUT2D eigenvalue weighted by molar-refractivity contribution is 6.30. The lowest BCUT2D eigenvalue weighted by Gasteiger charge is -2.22. The average Bonchev–Trinajstić information content (AvgIpc) is 3.30. The zero-order valence-electron chi connectivity index (χ0n) is 14.0. The van der Waals surface area contributed by atoms with E-state index in [4.69, 9.17) is 16.1 Å². The van der Waals surface area contributed by atoms with Crippen molar-refractivity contribution in [1.82, 2.24) is 15.0 Å². The van der Waals surface area contributed by atoms with Gasteiger partial charge in [-0.25, -0.2) is 8.78 Å². The van der Waals surface area contributed by atoms with Gasteiger partial charge in [0.25, 0.3) is 5.91 Å². The van der Waals surface area contributed by atoms with Crippen molar-refractivity contribution in [1.29, 1.82) is 0 Å². The minimum Gasteiger partial charge on any atom is -0.337 e. The maximum absolute atomic E-state index is 14.0. The van der Waals surface area contributed by atoms with E-state index in [1.54, 1.807) is 24.3 Å². The Morgan fingerprint density at radius 3 is 2.85 bits per heavy atom. The third kappa shape index (κ3) is 3.42. The minimum absolute atomic E-state index is 0.183.